The summed E-state index contributed by atoms with van der Waals surface area (Å²) in [6.45, 7) is 0.0942. The smallest absolute Gasteiger partial charge is 0.270 e. The van der Waals surface area contributed by atoms with Crippen LogP contribution in [0.2, 0.25) is 0 Å². The summed E-state index contributed by atoms with van der Waals surface area (Å²) in [4.78, 5) is 20.2. The fourth-order valence-electron chi connectivity index (χ4n) is 2.13. The van der Waals surface area contributed by atoms with Crippen LogP contribution in [-0.2, 0) is 6.54 Å². The van der Waals surface area contributed by atoms with Gasteiger partial charge in [-0.3, -0.25) is 4.79 Å². The van der Waals surface area contributed by atoms with E-state index in [2.05, 4.69) is 20.6 Å². The van der Waals surface area contributed by atoms with Crippen LogP contribution in [0.15, 0.2) is 67.0 Å². The van der Waals surface area contributed by atoms with E-state index in [-0.39, 0.29) is 18.1 Å². The van der Waals surface area contributed by atoms with Crippen molar-refractivity contribution in [1.29, 1.82) is 0 Å². The summed E-state index contributed by atoms with van der Waals surface area (Å²) in [6, 6.07) is 17.3. The van der Waals surface area contributed by atoms with E-state index in [1.54, 1.807) is 24.3 Å². The number of benzene rings is 2. The molecule has 0 bridgehead atoms. The van der Waals surface area contributed by atoms with Gasteiger partial charge in [-0.1, -0.05) is 36.4 Å². The average molecular weight is 322 g/mol. The first-order valence-corrected chi connectivity index (χ1v) is 7.38. The van der Waals surface area contributed by atoms with Gasteiger partial charge in [0.15, 0.2) is 0 Å². The Morgan fingerprint density at radius 2 is 1.75 bits per heavy atom. The molecule has 5 nitrogen and oxygen atoms in total. The zero-order chi connectivity index (χ0) is 16.8. The molecule has 0 atom stereocenters. The quantitative estimate of drug-likeness (QED) is 0.756. The molecule has 0 aliphatic rings. The Labute approximate surface area is 138 Å². The van der Waals surface area contributed by atoms with Gasteiger partial charge in [0, 0.05) is 23.9 Å². The van der Waals surface area contributed by atoms with E-state index >= 15 is 0 Å². The normalized spacial score (nSPS) is 10.2. The number of nitrogens with zero attached hydrogens (tertiary/aromatic N) is 2. The minimum absolute atomic E-state index is 0.0942. The second-order valence-electron chi connectivity index (χ2n) is 5.05. The minimum atomic E-state index is -0.392. The van der Waals surface area contributed by atoms with Crippen LogP contribution in [0.25, 0.3) is 0 Å². The van der Waals surface area contributed by atoms with Crippen molar-refractivity contribution in [2.45, 2.75) is 6.54 Å². The molecule has 1 amide bonds. The Morgan fingerprint density at radius 1 is 1.00 bits per heavy atom. The van der Waals surface area contributed by atoms with Crippen LogP contribution < -0.4 is 10.6 Å². The molecule has 0 saturated carbocycles. The predicted octanol–water partition coefficient (Wildman–Crippen LogP) is 3.29. The number of anilines is 2. The second-order valence-corrected chi connectivity index (χ2v) is 5.05. The zero-order valence-electron chi connectivity index (χ0n) is 12.7. The second kappa shape index (κ2) is 7.32. The molecule has 2 N–H and O–H groups in total. The summed E-state index contributed by atoms with van der Waals surface area (Å²) in [7, 11) is 0. The molecule has 0 unspecified atom stereocenters. The molecule has 3 aromatic rings. The van der Waals surface area contributed by atoms with Gasteiger partial charge in [-0.05, 0) is 18.2 Å². The molecule has 24 heavy (non-hydrogen) atoms. The van der Waals surface area contributed by atoms with Gasteiger partial charge in [0.1, 0.15) is 23.7 Å². The largest absolute Gasteiger partial charge is 0.347 e. The van der Waals surface area contributed by atoms with Gasteiger partial charge in [-0.15, -0.1) is 0 Å². The molecule has 1 heterocycles. The number of para-hydroxylation sites is 1. The van der Waals surface area contributed by atoms with E-state index in [1.165, 1.54) is 12.4 Å². The van der Waals surface area contributed by atoms with Gasteiger partial charge in [0.2, 0.25) is 0 Å². The maximum Gasteiger partial charge on any atom is 0.270 e. The number of hydrogen-bond acceptors (Lipinski definition) is 4. The number of rotatable bonds is 5. The third-order valence-electron chi connectivity index (χ3n) is 3.34. The summed E-state index contributed by atoms with van der Waals surface area (Å²) in [5.41, 5.74) is 1.48. The number of nitrogens with one attached hydrogen (secondary N) is 2. The molecule has 120 valence electrons. The molecule has 3 rings (SSSR count). The van der Waals surface area contributed by atoms with Crippen molar-refractivity contribution in [3.05, 3.63) is 84.1 Å². The summed E-state index contributed by atoms with van der Waals surface area (Å²) in [5, 5.41) is 5.74. The maximum absolute atomic E-state index is 13.6. The van der Waals surface area contributed by atoms with Crippen molar-refractivity contribution in [3.8, 4) is 0 Å². The lowest BCUT2D eigenvalue weighted by Gasteiger charge is -2.08. The maximum atomic E-state index is 13.6. The zero-order valence-corrected chi connectivity index (χ0v) is 12.7. The van der Waals surface area contributed by atoms with E-state index in [4.69, 9.17) is 0 Å². The first-order valence-electron chi connectivity index (χ1n) is 7.38. The molecular weight excluding hydrogens is 307 g/mol. The van der Waals surface area contributed by atoms with Crippen LogP contribution in [0.5, 0.6) is 0 Å². The molecule has 0 saturated heterocycles. The van der Waals surface area contributed by atoms with E-state index in [9.17, 15) is 9.18 Å². The molecule has 6 heteroatoms. The van der Waals surface area contributed by atoms with E-state index < -0.39 is 5.91 Å². The summed E-state index contributed by atoms with van der Waals surface area (Å²) in [5.74, 6) is -0.240. The van der Waals surface area contributed by atoms with Crippen LogP contribution >= 0.6 is 0 Å². The van der Waals surface area contributed by atoms with Crippen LogP contribution in [0.3, 0.4) is 0 Å². The standard InChI is InChI=1S/C18H15FN4O/c19-15-9-5-4-6-13(15)11-20-18(24)16-10-17(22-12-21-16)23-14-7-2-1-3-8-14/h1-10,12H,11H2,(H,20,24)(H,21,22,23). The molecule has 0 fully saturated rings. The highest BCUT2D eigenvalue weighted by Gasteiger charge is 2.10. The van der Waals surface area contributed by atoms with Crippen LogP contribution in [-0.4, -0.2) is 15.9 Å². The number of aromatic nitrogens is 2. The van der Waals surface area contributed by atoms with Gasteiger partial charge >= 0.3 is 0 Å². The fourth-order valence-corrected chi connectivity index (χ4v) is 2.13. The van der Waals surface area contributed by atoms with Crippen LogP contribution in [0.4, 0.5) is 15.9 Å². The van der Waals surface area contributed by atoms with Gasteiger partial charge in [-0.2, -0.15) is 0 Å². The van der Waals surface area contributed by atoms with Crippen molar-refractivity contribution in [1.82, 2.24) is 15.3 Å². The molecule has 0 aliphatic carbocycles. The van der Waals surface area contributed by atoms with Crippen LogP contribution in [0, 0.1) is 5.82 Å². The lowest BCUT2D eigenvalue weighted by atomic mass is 10.2. The lowest BCUT2D eigenvalue weighted by Crippen LogP contribution is -2.24. The Morgan fingerprint density at radius 3 is 2.54 bits per heavy atom. The van der Waals surface area contributed by atoms with Gasteiger partial charge in [-0.25, -0.2) is 14.4 Å². The van der Waals surface area contributed by atoms with Crippen molar-refractivity contribution in [2.75, 3.05) is 5.32 Å². The Balaban J connectivity index is 1.67. The molecule has 0 spiro atoms. The Hall–Kier alpha value is -3.28. The van der Waals surface area contributed by atoms with Crippen LogP contribution in [0.1, 0.15) is 16.1 Å². The predicted molar refractivity (Wildman–Crippen MR) is 89.3 cm³/mol. The summed E-state index contributed by atoms with van der Waals surface area (Å²) >= 11 is 0. The average Bonchev–Trinajstić information content (AvgIpc) is 2.62. The Bertz CT molecular complexity index is 839. The topological polar surface area (TPSA) is 66.9 Å². The van der Waals surface area contributed by atoms with Gasteiger partial charge in [0.25, 0.3) is 5.91 Å². The number of carbonyl (C=O) groups is 1. The van der Waals surface area contributed by atoms with Crippen molar-refractivity contribution < 1.29 is 9.18 Å². The van der Waals surface area contributed by atoms with Crippen molar-refractivity contribution in [3.63, 3.8) is 0 Å². The van der Waals surface area contributed by atoms with E-state index in [0.29, 0.717) is 11.4 Å². The van der Waals surface area contributed by atoms with Gasteiger partial charge in [0.05, 0.1) is 0 Å². The van der Waals surface area contributed by atoms with E-state index in [0.717, 1.165) is 5.69 Å². The molecule has 0 radical (unpaired) electrons. The first kappa shape index (κ1) is 15.6. The number of halogens is 1. The molecule has 1 aromatic heterocycles. The molecule has 0 aliphatic heterocycles. The summed E-state index contributed by atoms with van der Waals surface area (Å²) in [6.07, 6.45) is 1.31. The number of carbonyl (C=O) groups excluding carboxylic acids is 1. The first-order chi connectivity index (χ1) is 11.7. The third kappa shape index (κ3) is 3.92. The lowest BCUT2D eigenvalue weighted by molar-refractivity contribution is 0.0945. The SMILES string of the molecule is O=C(NCc1ccccc1F)c1cc(Nc2ccccc2)ncn1. The third-order valence-corrected chi connectivity index (χ3v) is 3.34. The highest BCUT2D eigenvalue weighted by atomic mass is 19.1. The highest BCUT2D eigenvalue weighted by molar-refractivity contribution is 5.92. The number of amides is 1. The van der Waals surface area contributed by atoms with E-state index in [1.807, 2.05) is 30.3 Å². The summed E-state index contributed by atoms with van der Waals surface area (Å²) < 4.78 is 13.6. The monoisotopic (exact) mass is 322 g/mol. The van der Waals surface area contributed by atoms with Crippen molar-refractivity contribution >= 4 is 17.4 Å². The molecular formula is C18H15FN4O. The fraction of sp³-hybridized carbons (Fsp3) is 0.0556. The van der Waals surface area contributed by atoms with Gasteiger partial charge < -0.3 is 10.6 Å². The minimum Gasteiger partial charge on any atom is -0.347 e. The number of hydrogen-bond donors (Lipinski definition) is 2. The highest BCUT2D eigenvalue weighted by Crippen LogP contribution is 2.14. The molecule has 2 aromatic carbocycles. The van der Waals surface area contributed by atoms with Crippen molar-refractivity contribution in [2.24, 2.45) is 0 Å². The Kier molecular flexibility index (Phi) is 4.76.